The summed E-state index contributed by atoms with van der Waals surface area (Å²) in [6, 6.07) is 11.5. The van der Waals surface area contributed by atoms with Crippen LogP contribution in [0.25, 0.3) is 12.2 Å². The van der Waals surface area contributed by atoms with Crippen LogP contribution in [0, 0.1) is 0 Å². The maximum absolute atomic E-state index is 10.5. The van der Waals surface area contributed by atoms with Gasteiger partial charge in [-0.25, -0.2) is 0 Å². The second kappa shape index (κ2) is 13.6. The lowest BCUT2D eigenvalue weighted by atomic mass is 10.1. The van der Waals surface area contributed by atoms with Crippen molar-refractivity contribution in [2.45, 2.75) is 96.4 Å². The Morgan fingerprint density at radius 2 is 0.976 bits per heavy atom. The van der Waals surface area contributed by atoms with Crippen LogP contribution in [0.4, 0.5) is 0 Å². The maximum atomic E-state index is 10.5. The first-order chi connectivity index (χ1) is 18.8. The van der Waals surface area contributed by atoms with E-state index in [0.29, 0.717) is 11.5 Å². The van der Waals surface area contributed by atoms with Gasteiger partial charge in [-0.05, 0) is 71.7 Å². The molecule has 8 heteroatoms. The van der Waals surface area contributed by atoms with E-state index in [0.717, 1.165) is 22.6 Å². The van der Waals surface area contributed by atoms with E-state index in [-0.39, 0.29) is 16.5 Å². The summed E-state index contributed by atoms with van der Waals surface area (Å²) >= 11 is 0. The van der Waals surface area contributed by atoms with Crippen molar-refractivity contribution in [3.05, 3.63) is 59.7 Å². The Bertz CT molecular complexity index is 1110. The zero-order valence-corrected chi connectivity index (χ0v) is 29.2. The molecule has 0 amide bonds. The summed E-state index contributed by atoms with van der Waals surface area (Å²) in [7, 11) is -0.757. The van der Waals surface area contributed by atoms with Gasteiger partial charge >= 0.3 is 0 Å². The van der Waals surface area contributed by atoms with Crippen molar-refractivity contribution in [1.82, 2.24) is 0 Å². The third-order valence-electron chi connectivity index (χ3n) is 8.22. The molecule has 0 bridgehead atoms. The Labute approximate surface area is 250 Å². The van der Waals surface area contributed by atoms with Crippen molar-refractivity contribution in [3.8, 4) is 23.0 Å². The first-order valence-electron chi connectivity index (χ1n) is 14.3. The molecule has 2 unspecified atom stereocenters. The molecule has 2 atom stereocenters. The Balaban J connectivity index is 2.04. The fourth-order valence-electron chi connectivity index (χ4n) is 3.45. The molecule has 2 aromatic carbocycles. The molecule has 228 valence electrons. The van der Waals surface area contributed by atoms with Crippen molar-refractivity contribution in [2.24, 2.45) is 0 Å². The first kappa shape index (κ1) is 34.7. The molecule has 6 nitrogen and oxygen atoms in total. The summed E-state index contributed by atoms with van der Waals surface area (Å²) in [5.41, 5.74) is 1.75. The van der Waals surface area contributed by atoms with Gasteiger partial charge in [-0.3, -0.25) is 0 Å². The zero-order valence-electron chi connectivity index (χ0n) is 27.2. The van der Waals surface area contributed by atoms with Gasteiger partial charge in [0.1, 0.15) is 11.5 Å². The smallest absolute Gasteiger partial charge is 0.250 e. The zero-order chi connectivity index (χ0) is 31.2. The lowest BCUT2D eigenvalue weighted by Gasteiger charge is -2.36. The van der Waals surface area contributed by atoms with E-state index in [1.165, 1.54) is 0 Å². The molecule has 0 radical (unpaired) electrons. The van der Waals surface area contributed by atoms with Crippen LogP contribution in [0.5, 0.6) is 23.0 Å². The van der Waals surface area contributed by atoms with E-state index >= 15 is 0 Å². The molecule has 0 aliphatic heterocycles. The van der Waals surface area contributed by atoms with Crippen LogP contribution in [0.3, 0.4) is 0 Å². The Morgan fingerprint density at radius 1 is 0.634 bits per heavy atom. The predicted octanol–water partition coefficient (Wildman–Crippen LogP) is 8.31. The van der Waals surface area contributed by atoms with E-state index < -0.39 is 28.8 Å². The number of aliphatic hydroxyl groups is 2. The molecule has 41 heavy (non-hydrogen) atoms. The summed E-state index contributed by atoms with van der Waals surface area (Å²) in [6.45, 7) is 22.0. The van der Waals surface area contributed by atoms with Gasteiger partial charge in [0.15, 0.2) is 11.5 Å². The van der Waals surface area contributed by atoms with Crippen molar-refractivity contribution >= 4 is 28.8 Å². The third-order valence-corrected chi connectivity index (χ3v) is 16.9. The number of benzene rings is 2. The fraction of sp³-hybridized carbons (Fsp3) is 0.515. The molecule has 0 heterocycles. The van der Waals surface area contributed by atoms with Gasteiger partial charge in [0, 0.05) is 6.42 Å². The average Bonchev–Trinajstić information content (AvgIpc) is 2.85. The minimum Gasteiger partial charge on any atom is -0.541 e. The molecule has 0 saturated carbocycles. The van der Waals surface area contributed by atoms with Gasteiger partial charge in [-0.15, -0.1) is 0 Å². The number of methoxy groups -OCH3 is 2. The minimum absolute atomic E-state index is 0.0740. The van der Waals surface area contributed by atoms with Gasteiger partial charge in [0.25, 0.3) is 16.6 Å². The average molecular weight is 601 g/mol. The molecule has 2 rings (SSSR count). The highest BCUT2D eigenvalue weighted by atomic mass is 28.4. The minimum atomic E-state index is -2.01. The second-order valence-corrected chi connectivity index (χ2v) is 23.1. The molecule has 0 saturated heterocycles. The predicted molar refractivity (Wildman–Crippen MR) is 176 cm³/mol. The number of hydrogen-bond donors (Lipinski definition) is 2. The SMILES string of the molecule is COc1cc(C=CC(O)CC(O)C=Cc2ccc(O[Si](C)(C)C(C)(C)C)c(OC)c2)ccc1O[Si](C)(C)C(C)(C)C. The van der Waals surface area contributed by atoms with Crippen LogP contribution >= 0.6 is 0 Å². The Morgan fingerprint density at radius 3 is 1.27 bits per heavy atom. The van der Waals surface area contributed by atoms with Crippen LogP contribution in [0.1, 0.15) is 59.1 Å². The van der Waals surface area contributed by atoms with Crippen LogP contribution in [-0.4, -0.2) is 53.3 Å². The van der Waals surface area contributed by atoms with E-state index in [1.807, 2.05) is 48.6 Å². The van der Waals surface area contributed by atoms with Crippen LogP contribution in [-0.2, 0) is 0 Å². The highest BCUT2D eigenvalue weighted by molar-refractivity contribution is 6.75. The van der Waals surface area contributed by atoms with Crippen molar-refractivity contribution in [3.63, 3.8) is 0 Å². The Hall–Kier alpha value is -2.53. The van der Waals surface area contributed by atoms with Crippen LogP contribution in [0.15, 0.2) is 48.6 Å². The summed E-state index contributed by atoms with van der Waals surface area (Å²) < 4.78 is 24.0. The molecular weight excluding hydrogens is 549 g/mol. The second-order valence-electron chi connectivity index (χ2n) is 13.6. The monoisotopic (exact) mass is 600 g/mol. The Kier molecular flexibility index (Phi) is 11.5. The van der Waals surface area contributed by atoms with Gasteiger partial charge in [-0.2, -0.15) is 0 Å². The number of ether oxygens (including phenoxy) is 2. The highest BCUT2D eigenvalue weighted by Crippen LogP contribution is 2.41. The molecule has 0 fully saturated rings. The summed E-state index contributed by atoms with van der Waals surface area (Å²) in [5, 5.41) is 21.2. The summed E-state index contributed by atoms with van der Waals surface area (Å²) in [5.74, 6) is 2.78. The number of rotatable bonds is 12. The van der Waals surface area contributed by atoms with Crippen molar-refractivity contribution in [1.29, 1.82) is 0 Å². The molecule has 0 aromatic heterocycles. The van der Waals surface area contributed by atoms with Gasteiger partial charge in [0.2, 0.25) is 0 Å². The first-order valence-corrected chi connectivity index (χ1v) is 20.1. The van der Waals surface area contributed by atoms with Gasteiger partial charge in [-0.1, -0.05) is 78.0 Å². The topological polar surface area (TPSA) is 77.4 Å². The molecule has 2 N–H and O–H groups in total. The lowest BCUT2D eigenvalue weighted by Crippen LogP contribution is -2.43. The number of hydrogen-bond acceptors (Lipinski definition) is 6. The summed E-state index contributed by atoms with van der Waals surface area (Å²) in [6.07, 6.45) is 5.53. The van der Waals surface area contributed by atoms with E-state index in [1.54, 1.807) is 26.4 Å². The van der Waals surface area contributed by atoms with Crippen molar-refractivity contribution < 1.29 is 28.5 Å². The standard InChI is InChI=1S/C33H52O6Si2/c1-32(2,3)40(9,10)38-28-19-15-24(21-30(28)36-7)13-17-26(34)23-27(35)18-14-25-16-20-29(31(22-25)37-8)39-41(11,12)33(4,5)6/h13-22,26-27,34-35H,23H2,1-12H3. The van der Waals surface area contributed by atoms with Gasteiger partial charge in [0.05, 0.1) is 26.4 Å². The van der Waals surface area contributed by atoms with Crippen LogP contribution in [0.2, 0.25) is 36.3 Å². The highest BCUT2D eigenvalue weighted by Gasteiger charge is 2.40. The number of aliphatic hydroxyl groups excluding tert-OH is 2. The maximum Gasteiger partial charge on any atom is 0.250 e. The molecular formula is C33H52O6Si2. The summed E-state index contributed by atoms with van der Waals surface area (Å²) in [4.78, 5) is 0. The largest absolute Gasteiger partial charge is 0.541 e. The lowest BCUT2D eigenvalue weighted by molar-refractivity contribution is 0.134. The molecule has 0 aliphatic carbocycles. The van der Waals surface area contributed by atoms with E-state index in [4.69, 9.17) is 18.3 Å². The van der Waals surface area contributed by atoms with E-state index in [9.17, 15) is 10.2 Å². The van der Waals surface area contributed by atoms with Gasteiger partial charge < -0.3 is 28.5 Å². The fourth-order valence-corrected chi connectivity index (χ4v) is 5.50. The quantitative estimate of drug-likeness (QED) is 0.239. The van der Waals surface area contributed by atoms with Crippen LogP contribution < -0.4 is 18.3 Å². The molecule has 0 aliphatic rings. The normalized spacial score (nSPS) is 14.8. The third kappa shape index (κ3) is 9.77. The van der Waals surface area contributed by atoms with E-state index in [2.05, 4.69) is 67.7 Å². The molecule has 0 spiro atoms. The molecule has 2 aromatic rings. The van der Waals surface area contributed by atoms with Crippen molar-refractivity contribution in [2.75, 3.05) is 14.2 Å².